The second-order valence-electron chi connectivity index (χ2n) is 6.96. The Kier molecular flexibility index (Phi) is 5.73. The number of carbonyl (C=O) groups excluding carboxylic acids is 2. The molecule has 3 rings (SSSR count). The fourth-order valence-electron chi connectivity index (χ4n) is 2.81. The summed E-state index contributed by atoms with van der Waals surface area (Å²) in [5.41, 5.74) is 0.300. The molecule has 1 heterocycles. The van der Waals surface area contributed by atoms with Crippen molar-refractivity contribution in [3.8, 4) is 17.2 Å². The van der Waals surface area contributed by atoms with E-state index in [1.807, 2.05) is 24.3 Å². The second-order valence-corrected chi connectivity index (χ2v) is 6.96. The van der Waals surface area contributed by atoms with Crippen LogP contribution in [0.3, 0.4) is 0 Å². The van der Waals surface area contributed by atoms with Gasteiger partial charge in [0.1, 0.15) is 11.2 Å². The maximum absolute atomic E-state index is 12.6. The number of hydrogen-bond acceptors (Lipinski definition) is 5. The minimum Gasteiger partial charge on any atom is -0.496 e. The molecule has 2 aromatic rings. The summed E-state index contributed by atoms with van der Waals surface area (Å²) in [7, 11) is 1.61. The van der Waals surface area contributed by atoms with Gasteiger partial charge in [-0.15, -0.1) is 0 Å². The van der Waals surface area contributed by atoms with E-state index in [1.54, 1.807) is 39.2 Å². The summed E-state index contributed by atoms with van der Waals surface area (Å²) in [5.74, 6) is 1.22. The van der Waals surface area contributed by atoms with Gasteiger partial charge in [0.15, 0.2) is 11.5 Å². The Hall–Kier alpha value is -3.22. The molecule has 0 atom stereocenters. The van der Waals surface area contributed by atoms with Gasteiger partial charge in [-0.1, -0.05) is 18.2 Å². The van der Waals surface area contributed by atoms with Crippen LogP contribution >= 0.6 is 0 Å². The van der Waals surface area contributed by atoms with Gasteiger partial charge in [0.25, 0.3) is 0 Å². The normalized spacial score (nSPS) is 12.4. The van der Waals surface area contributed by atoms with Gasteiger partial charge >= 0.3 is 0 Å². The molecule has 148 valence electrons. The molecule has 2 aromatic carbocycles. The predicted molar refractivity (Wildman–Crippen MR) is 105 cm³/mol. The third-order valence-electron chi connectivity index (χ3n) is 4.64. The molecule has 1 aliphatic heterocycles. The molecule has 0 bridgehead atoms. The van der Waals surface area contributed by atoms with Crippen LogP contribution in [-0.2, 0) is 16.0 Å². The number of fused-ring (bicyclic) bond motifs is 1. The highest BCUT2D eigenvalue weighted by atomic mass is 16.7. The highest BCUT2D eigenvalue weighted by molar-refractivity contribution is 6.09. The molecule has 28 heavy (non-hydrogen) atoms. The molecule has 0 fully saturated rings. The van der Waals surface area contributed by atoms with Crippen LogP contribution in [0.4, 0.5) is 5.69 Å². The van der Waals surface area contributed by atoms with Gasteiger partial charge in [-0.2, -0.15) is 0 Å². The van der Waals surface area contributed by atoms with Crippen molar-refractivity contribution >= 4 is 17.5 Å². The number of rotatable bonds is 7. The molecule has 0 spiro atoms. The smallest absolute Gasteiger partial charge is 0.239 e. The number of benzene rings is 2. The van der Waals surface area contributed by atoms with E-state index in [0.717, 1.165) is 11.3 Å². The number of methoxy groups -OCH3 is 1. The minimum atomic E-state index is -1.24. The molecule has 7 heteroatoms. The number of carbonyl (C=O) groups is 2. The van der Waals surface area contributed by atoms with Gasteiger partial charge in [-0.25, -0.2) is 0 Å². The zero-order valence-electron chi connectivity index (χ0n) is 16.2. The van der Waals surface area contributed by atoms with E-state index >= 15 is 0 Å². The number of hydrogen-bond donors (Lipinski definition) is 2. The zero-order valence-corrected chi connectivity index (χ0v) is 16.2. The first-order chi connectivity index (χ1) is 13.4. The van der Waals surface area contributed by atoms with Crippen molar-refractivity contribution in [2.75, 3.05) is 25.8 Å². The van der Waals surface area contributed by atoms with Gasteiger partial charge in [0, 0.05) is 18.3 Å². The summed E-state index contributed by atoms with van der Waals surface area (Å²) in [6, 6.07) is 12.7. The average Bonchev–Trinajstić information content (AvgIpc) is 3.16. The monoisotopic (exact) mass is 384 g/mol. The first-order valence-corrected chi connectivity index (χ1v) is 9.03. The van der Waals surface area contributed by atoms with Crippen LogP contribution < -0.4 is 24.8 Å². The first kappa shape index (κ1) is 19.5. The van der Waals surface area contributed by atoms with Gasteiger partial charge in [0.05, 0.1) is 7.11 Å². The van der Waals surface area contributed by atoms with Crippen molar-refractivity contribution in [2.24, 2.45) is 5.41 Å². The SMILES string of the molecule is COc1ccccc1CCNC(=O)C(C)(C)C(=O)Nc1ccc2c(c1)OCO2. The van der Waals surface area contributed by atoms with Gasteiger partial charge < -0.3 is 24.8 Å². The van der Waals surface area contributed by atoms with E-state index in [-0.39, 0.29) is 12.7 Å². The number of nitrogens with one attached hydrogen (secondary N) is 2. The Morgan fingerprint density at radius 2 is 1.82 bits per heavy atom. The number of amides is 2. The van der Waals surface area contributed by atoms with Gasteiger partial charge in [0.2, 0.25) is 18.6 Å². The zero-order chi connectivity index (χ0) is 20.1. The molecule has 0 saturated carbocycles. The largest absolute Gasteiger partial charge is 0.496 e. The lowest BCUT2D eigenvalue weighted by Crippen LogP contribution is -2.45. The van der Waals surface area contributed by atoms with E-state index in [9.17, 15) is 9.59 Å². The summed E-state index contributed by atoms with van der Waals surface area (Å²) < 4.78 is 15.9. The molecule has 1 aliphatic rings. The standard InChI is InChI=1S/C21H24N2O5/c1-21(2,19(24)22-11-10-14-6-4-5-7-16(14)26-3)20(25)23-15-8-9-17-18(12-15)28-13-27-17/h4-9,12H,10-11,13H2,1-3H3,(H,22,24)(H,23,25). The molecule has 0 aliphatic carbocycles. The number of anilines is 1. The lowest BCUT2D eigenvalue weighted by Gasteiger charge is -2.23. The van der Waals surface area contributed by atoms with Crippen LogP contribution in [0.1, 0.15) is 19.4 Å². The van der Waals surface area contributed by atoms with Gasteiger partial charge in [-0.3, -0.25) is 9.59 Å². The summed E-state index contributed by atoms with van der Waals surface area (Å²) in [5, 5.41) is 5.59. The second kappa shape index (κ2) is 8.21. The fraction of sp³-hybridized carbons (Fsp3) is 0.333. The highest BCUT2D eigenvalue weighted by Gasteiger charge is 2.36. The quantitative estimate of drug-likeness (QED) is 0.717. The van der Waals surface area contributed by atoms with E-state index in [4.69, 9.17) is 14.2 Å². The maximum Gasteiger partial charge on any atom is 0.239 e. The molecule has 0 radical (unpaired) electrons. The summed E-state index contributed by atoms with van der Waals surface area (Å²) in [6.45, 7) is 3.74. The van der Waals surface area contributed by atoms with Crippen molar-refractivity contribution in [2.45, 2.75) is 20.3 Å². The van der Waals surface area contributed by atoms with Crippen molar-refractivity contribution < 1.29 is 23.8 Å². The van der Waals surface area contributed by atoms with Crippen molar-refractivity contribution in [1.29, 1.82) is 0 Å². The van der Waals surface area contributed by atoms with Crippen LogP contribution in [0.5, 0.6) is 17.2 Å². The Bertz CT molecular complexity index is 879. The Balaban J connectivity index is 1.56. The Labute approximate surface area is 164 Å². The summed E-state index contributed by atoms with van der Waals surface area (Å²) >= 11 is 0. The lowest BCUT2D eigenvalue weighted by molar-refractivity contribution is -0.138. The number of ether oxygens (including phenoxy) is 3. The van der Waals surface area contributed by atoms with Crippen LogP contribution in [0.25, 0.3) is 0 Å². The molecular formula is C21H24N2O5. The number of para-hydroxylation sites is 1. The molecule has 0 saturated heterocycles. The third kappa shape index (κ3) is 4.19. The lowest BCUT2D eigenvalue weighted by atomic mass is 9.90. The van der Waals surface area contributed by atoms with Crippen molar-refractivity contribution in [3.63, 3.8) is 0 Å². The molecule has 0 aromatic heterocycles. The first-order valence-electron chi connectivity index (χ1n) is 9.03. The third-order valence-corrected chi connectivity index (χ3v) is 4.64. The van der Waals surface area contributed by atoms with E-state index < -0.39 is 11.3 Å². The van der Waals surface area contributed by atoms with Gasteiger partial charge in [-0.05, 0) is 44.0 Å². The predicted octanol–water partition coefficient (Wildman–Crippen LogP) is 2.75. The van der Waals surface area contributed by atoms with Crippen molar-refractivity contribution in [1.82, 2.24) is 5.32 Å². The van der Waals surface area contributed by atoms with E-state index in [2.05, 4.69) is 10.6 Å². The summed E-state index contributed by atoms with van der Waals surface area (Å²) in [4.78, 5) is 25.2. The fourth-order valence-corrected chi connectivity index (χ4v) is 2.81. The summed E-state index contributed by atoms with van der Waals surface area (Å²) in [6.07, 6.45) is 0.607. The maximum atomic E-state index is 12.6. The Morgan fingerprint density at radius 1 is 1.07 bits per heavy atom. The molecule has 2 N–H and O–H groups in total. The molecule has 0 unspecified atom stereocenters. The molecule has 2 amide bonds. The van der Waals surface area contributed by atoms with E-state index in [1.165, 1.54) is 0 Å². The minimum absolute atomic E-state index is 0.160. The molecular weight excluding hydrogens is 360 g/mol. The molecule has 7 nitrogen and oxygen atoms in total. The van der Waals surface area contributed by atoms with Crippen LogP contribution in [-0.4, -0.2) is 32.3 Å². The van der Waals surface area contributed by atoms with E-state index in [0.29, 0.717) is 30.2 Å². The van der Waals surface area contributed by atoms with Crippen LogP contribution in [0.15, 0.2) is 42.5 Å². The van der Waals surface area contributed by atoms with Crippen molar-refractivity contribution in [3.05, 3.63) is 48.0 Å². The Morgan fingerprint density at radius 3 is 2.61 bits per heavy atom. The average molecular weight is 384 g/mol. The topological polar surface area (TPSA) is 85.9 Å². The highest BCUT2D eigenvalue weighted by Crippen LogP contribution is 2.34. The van der Waals surface area contributed by atoms with Crippen LogP contribution in [0, 0.1) is 5.41 Å². The van der Waals surface area contributed by atoms with Crippen LogP contribution in [0.2, 0.25) is 0 Å².